The molecule has 0 fully saturated rings. The number of hydrogen-bond donors (Lipinski definition) is 1. The van der Waals surface area contributed by atoms with E-state index >= 15 is 0 Å². The Morgan fingerprint density at radius 1 is 1.00 bits per heavy atom. The van der Waals surface area contributed by atoms with E-state index in [9.17, 15) is 9.59 Å². The highest BCUT2D eigenvalue weighted by Gasteiger charge is 2.36. The molecule has 0 aliphatic carbocycles. The highest BCUT2D eigenvalue weighted by atomic mass is 32.1. The number of nitrogens with zero attached hydrogens (tertiary/aromatic N) is 3. The Morgan fingerprint density at radius 3 is 2.61 bits per heavy atom. The van der Waals surface area contributed by atoms with E-state index in [1.807, 2.05) is 30.3 Å². The van der Waals surface area contributed by atoms with Crippen LogP contribution in [-0.2, 0) is 37.3 Å². The molecule has 0 saturated heterocycles. The molecule has 0 spiro atoms. The maximum Gasteiger partial charge on any atom is 0.290 e. The first kappa shape index (κ1) is 22.7. The quantitative estimate of drug-likeness (QED) is 0.438. The zero-order chi connectivity index (χ0) is 24.5. The minimum absolute atomic E-state index is 0.225. The van der Waals surface area contributed by atoms with Crippen LogP contribution in [0.15, 0.2) is 77.4 Å². The van der Waals surface area contributed by atoms with Crippen molar-refractivity contribution in [1.82, 2.24) is 14.8 Å². The van der Waals surface area contributed by atoms with Crippen molar-refractivity contribution in [1.29, 1.82) is 0 Å². The topological polar surface area (TPSA) is 78.7 Å². The molecule has 2 aliphatic rings. The number of furan rings is 1. The van der Waals surface area contributed by atoms with Gasteiger partial charge in [-0.1, -0.05) is 54.6 Å². The summed E-state index contributed by atoms with van der Waals surface area (Å²) in [6, 6.07) is 21.1. The molecule has 7 nitrogen and oxygen atoms in total. The van der Waals surface area contributed by atoms with Gasteiger partial charge in [-0.2, -0.15) is 0 Å². The lowest BCUT2D eigenvalue weighted by Gasteiger charge is -2.35. The number of thiazole rings is 1. The van der Waals surface area contributed by atoms with E-state index < -0.39 is 6.04 Å². The van der Waals surface area contributed by atoms with Gasteiger partial charge in [0.15, 0.2) is 10.9 Å². The number of hydrogen-bond acceptors (Lipinski definition) is 6. The molecule has 4 heterocycles. The fourth-order valence-electron chi connectivity index (χ4n) is 4.98. The molecule has 8 heteroatoms. The average molecular weight is 499 g/mol. The van der Waals surface area contributed by atoms with Gasteiger partial charge in [0.2, 0.25) is 5.91 Å². The van der Waals surface area contributed by atoms with Crippen molar-refractivity contribution in [3.8, 4) is 0 Å². The second kappa shape index (κ2) is 9.72. The Kier molecular flexibility index (Phi) is 6.13. The van der Waals surface area contributed by atoms with Gasteiger partial charge in [-0.3, -0.25) is 14.5 Å². The van der Waals surface area contributed by atoms with Crippen LogP contribution in [0.25, 0.3) is 0 Å². The fourth-order valence-corrected chi connectivity index (χ4v) is 6.03. The number of carbonyl (C=O) groups is 2. The number of amides is 2. The summed E-state index contributed by atoms with van der Waals surface area (Å²) in [6.07, 6.45) is 2.78. The molecule has 0 radical (unpaired) electrons. The third-order valence-electron chi connectivity index (χ3n) is 6.83. The standard InChI is InChI=1S/C28H26N4O3S/c33-26(23-15-20-9-4-5-10-21(20)17-32(23)27(34)24-11-6-14-35-24)30-28-29-22-12-13-31(18-25(22)36-28)16-19-7-2-1-3-8-19/h1-11,14,23H,12-13,15-18H2,(H,29,30,33). The summed E-state index contributed by atoms with van der Waals surface area (Å²) in [5, 5.41) is 3.61. The number of carbonyl (C=O) groups excluding carboxylic acids is 2. The first-order valence-corrected chi connectivity index (χ1v) is 12.9. The third kappa shape index (κ3) is 4.57. The molecule has 1 N–H and O–H groups in total. The van der Waals surface area contributed by atoms with E-state index in [2.05, 4.69) is 34.5 Å². The third-order valence-corrected chi connectivity index (χ3v) is 7.83. The highest BCUT2D eigenvalue weighted by molar-refractivity contribution is 7.15. The van der Waals surface area contributed by atoms with Crippen LogP contribution in [0.5, 0.6) is 0 Å². The fraction of sp³-hybridized carbons (Fsp3) is 0.250. The van der Waals surface area contributed by atoms with Crippen molar-refractivity contribution >= 4 is 28.3 Å². The van der Waals surface area contributed by atoms with Crippen LogP contribution in [0.4, 0.5) is 5.13 Å². The number of aromatic nitrogens is 1. The minimum atomic E-state index is -0.645. The molecule has 2 aromatic heterocycles. The molecule has 2 amide bonds. The van der Waals surface area contributed by atoms with Gasteiger partial charge < -0.3 is 14.6 Å². The monoisotopic (exact) mass is 498 g/mol. The molecule has 4 aromatic rings. The van der Waals surface area contributed by atoms with E-state index in [0.29, 0.717) is 18.1 Å². The lowest BCUT2D eigenvalue weighted by molar-refractivity contribution is -0.121. The van der Waals surface area contributed by atoms with Crippen LogP contribution in [0, 0.1) is 0 Å². The van der Waals surface area contributed by atoms with Crippen LogP contribution in [0.2, 0.25) is 0 Å². The van der Waals surface area contributed by atoms with Crippen molar-refractivity contribution in [2.45, 2.75) is 38.5 Å². The molecular formula is C28H26N4O3S. The maximum absolute atomic E-state index is 13.5. The predicted molar refractivity (Wildman–Crippen MR) is 138 cm³/mol. The zero-order valence-corrected chi connectivity index (χ0v) is 20.5. The molecule has 2 aliphatic heterocycles. The summed E-state index contributed by atoms with van der Waals surface area (Å²) < 4.78 is 5.35. The van der Waals surface area contributed by atoms with Crippen molar-refractivity contribution < 1.29 is 14.0 Å². The van der Waals surface area contributed by atoms with Crippen molar-refractivity contribution in [2.75, 3.05) is 11.9 Å². The second-order valence-electron chi connectivity index (χ2n) is 9.22. The van der Waals surface area contributed by atoms with E-state index in [4.69, 9.17) is 9.40 Å². The molecule has 1 atom stereocenters. The first-order valence-electron chi connectivity index (χ1n) is 12.1. The molecule has 36 heavy (non-hydrogen) atoms. The Hall–Kier alpha value is -3.75. The molecule has 2 aromatic carbocycles. The van der Waals surface area contributed by atoms with Gasteiger partial charge in [0, 0.05) is 43.9 Å². The van der Waals surface area contributed by atoms with Crippen LogP contribution in [-0.4, -0.2) is 39.2 Å². The second-order valence-corrected chi connectivity index (χ2v) is 10.3. The van der Waals surface area contributed by atoms with E-state index in [0.717, 1.165) is 42.9 Å². The smallest absolute Gasteiger partial charge is 0.290 e. The normalized spacial score (nSPS) is 17.3. The summed E-state index contributed by atoms with van der Waals surface area (Å²) in [5.41, 5.74) is 4.47. The molecular weight excluding hydrogens is 472 g/mol. The van der Waals surface area contributed by atoms with Gasteiger partial charge in [-0.25, -0.2) is 4.98 Å². The minimum Gasteiger partial charge on any atom is -0.459 e. The molecule has 182 valence electrons. The summed E-state index contributed by atoms with van der Waals surface area (Å²) in [5.74, 6) is -0.281. The van der Waals surface area contributed by atoms with Crippen LogP contribution < -0.4 is 5.32 Å². The van der Waals surface area contributed by atoms with Crippen LogP contribution in [0.1, 0.15) is 37.8 Å². The van der Waals surface area contributed by atoms with E-state index in [-0.39, 0.29) is 17.6 Å². The van der Waals surface area contributed by atoms with Crippen molar-refractivity contribution in [2.24, 2.45) is 0 Å². The predicted octanol–water partition coefficient (Wildman–Crippen LogP) is 4.50. The SMILES string of the molecule is O=C(Nc1nc2c(s1)CN(Cc1ccccc1)CC2)C1Cc2ccccc2CN1C(=O)c1ccco1. The number of benzene rings is 2. The number of fused-ring (bicyclic) bond motifs is 2. The number of rotatable bonds is 5. The number of nitrogens with one attached hydrogen (secondary N) is 1. The van der Waals surface area contributed by atoms with Crippen molar-refractivity contribution in [3.05, 3.63) is 106 Å². The largest absolute Gasteiger partial charge is 0.459 e. The van der Waals surface area contributed by atoms with Gasteiger partial charge in [0.25, 0.3) is 5.91 Å². The summed E-state index contributed by atoms with van der Waals surface area (Å²) in [7, 11) is 0. The van der Waals surface area contributed by atoms with Gasteiger partial charge >= 0.3 is 0 Å². The molecule has 6 rings (SSSR count). The van der Waals surface area contributed by atoms with Gasteiger partial charge in [0.1, 0.15) is 6.04 Å². The number of anilines is 1. The van der Waals surface area contributed by atoms with Gasteiger partial charge in [-0.15, -0.1) is 11.3 Å². The highest BCUT2D eigenvalue weighted by Crippen LogP contribution is 2.31. The molecule has 0 saturated carbocycles. The molecule has 0 bridgehead atoms. The summed E-state index contributed by atoms with van der Waals surface area (Å²) in [4.78, 5) is 36.6. The maximum atomic E-state index is 13.5. The lowest BCUT2D eigenvalue weighted by Crippen LogP contribution is -2.50. The Labute approximate surface area is 213 Å². The Balaban J connectivity index is 1.19. The van der Waals surface area contributed by atoms with Gasteiger partial charge in [-0.05, 0) is 28.8 Å². The lowest BCUT2D eigenvalue weighted by atomic mass is 9.93. The van der Waals surface area contributed by atoms with E-state index in [1.165, 1.54) is 28.0 Å². The Morgan fingerprint density at radius 2 is 1.81 bits per heavy atom. The summed E-state index contributed by atoms with van der Waals surface area (Å²) in [6.45, 7) is 3.00. The van der Waals surface area contributed by atoms with Crippen LogP contribution in [0.3, 0.4) is 0 Å². The van der Waals surface area contributed by atoms with Crippen molar-refractivity contribution in [3.63, 3.8) is 0 Å². The first-order chi connectivity index (χ1) is 17.6. The molecule has 1 unspecified atom stereocenters. The van der Waals surface area contributed by atoms with Gasteiger partial charge in [0.05, 0.1) is 12.0 Å². The zero-order valence-electron chi connectivity index (χ0n) is 19.7. The van der Waals surface area contributed by atoms with E-state index in [1.54, 1.807) is 17.0 Å². The Bertz CT molecular complexity index is 1380. The van der Waals surface area contributed by atoms with Crippen LogP contribution >= 0.6 is 11.3 Å². The average Bonchev–Trinajstić information content (AvgIpc) is 3.58. The summed E-state index contributed by atoms with van der Waals surface area (Å²) >= 11 is 1.53.